The van der Waals surface area contributed by atoms with Gasteiger partial charge < -0.3 is 10.3 Å². The molecule has 3 aromatic heterocycles. The third-order valence-electron chi connectivity index (χ3n) is 2.91. The molecule has 0 saturated heterocycles. The van der Waals surface area contributed by atoms with Crippen LogP contribution in [0, 0.1) is 13.8 Å². The molecule has 0 aliphatic heterocycles. The first-order chi connectivity index (χ1) is 9.63. The van der Waals surface area contributed by atoms with Gasteiger partial charge in [0.05, 0.1) is 16.9 Å². The fourth-order valence-electron chi connectivity index (χ4n) is 1.82. The van der Waals surface area contributed by atoms with E-state index in [4.69, 9.17) is 0 Å². The molecule has 0 unspecified atom stereocenters. The number of rotatable bonds is 3. The summed E-state index contributed by atoms with van der Waals surface area (Å²) in [6.07, 6.45) is 3.44. The van der Waals surface area contributed by atoms with E-state index >= 15 is 0 Å². The molecule has 7 heteroatoms. The van der Waals surface area contributed by atoms with Crippen LogP contribution in [0.15, 0.2) is 23.8 Å². The summed E-state index contributed by atoms with van der Waals surface area (Å²) < 4.78 is 0. The largest absolute Gasteiger partial charge is 0.357 e. The van der Waals surface area contributed by atoms with E-state index in [0.717, 1.165) is 21.8 Å². The van der Waals surface area contributed by atoms with E-state index in [0.29, 0.717) is 11.5 Å². The SMILES string of the molecule is Cc1nc(-c2c[nH]c(C(=O)Nc3[nH]ncc3C)c2)cs1. The van der Waals surface area contributed by atoms with Gasteiger partial charge in [0, 0.05) is 22.7 Å². The molecule has 0 spiro atoms. The van der Waals surface area contributed by atoms with Crippen molar-refractivity contribution in [2.45, 2.75) is 13.8 Å². The van der Waals surface area contributed by atoms with Gasteiger partial charge in [-0.1, -0.05) is 0 Å². The lowest BCUT2D eigenvalue weighted by Gasteiger charge is -2.01. The number of nitrogens with one attached hydrogen (secondary N) is 3. The Morgan fingerprint density at radius 1 is 1.40 bits per heavy atom. The molecule has 0 atom stereocenters. The summed E-state index contributed by atoms with van der Waals surface area (Å²) in [6, 6.07) is 1.79. The van der Waals surface area contributed by atoms with Crippen LogP contribution >= 0.6 is 11.3 Å². The van der Waals surface area contributed by atoms with E-state index < -0.39 is 0 Å². The van der Waals surface area contributed by atoms with Crippen LogP contribution in [0.25, 0.3) is 11.3 Å². The number of hydrogen-bond acceptors (Lipinski definition) is 4. The third-order valence-corrected chi connectivity index (χ3v) is 3.68. The number of aromatic nitrogens is 4. The molecule has 102 valence electrons. The fourth-order valence-corrected chi connectivity index (χ4v) is 2.45. The van der Waals surface area contributed by atoms with Gasteiger partial charge in [-0.05, 0) is 19.9 Å². The van der Waals surface area contributed by atoms with Crippen molar-refractivity contribution in [1.82, 2.24) is 20.2 Å². The van der Waals surface area contributed by atoms with Gasteiger partial charge in [-0.15, -0.1) is 11.3 Å². The van der Waals surface area contributed by atoms with Crippen molar-refractivity contribution in [3.8, 4) is 11.3 Å². The second-order valence-corrected chi connectivity index (χ2v) is 5.50. The lowest BCUT2D eigenvalue weighted by atomic mass is 10.2. The molecule has 3 N–H and O–H groups in total. The summed E-state index contributed by atoms with van der Waals surface area (Å²) in [7, 11) is 0. The maximum atomic E-state index is 12.1. The smallest absolute Gasteiger partial charge is 0.273 e. The van der Waals surface area contributed by atoms with Crippen molar-refractivity contribution in [2.75, 3.05) is 5.32 Å². The average Bonchev–Trinajstić information content (AvgIpc) is 3.11. The molecule has 0 bridgehead atoms. The summed E-state index contributed by atoms with van der Waals surface area (Å²) in [6.45, 7) is 3.83. The minimum atomic E-state index is -0.212. The zero-order valence-electron chi connectivity index (χ0n) is 11.0. The second-order valence-electron chi connectivity index (χ2n) is 4.44. The van der Waals surface area contributed by atoms with Crippen molar-refractivity contribution < 1.29 is 4.79 Å². The molecule has 0 fully saturated rings. The Morgan fingerprint density at radius 3 is 2.90 bits per heavy atom. The van der Waals surface area contributed by atoms with E-state index in [1.165, 1.54) is 0 Å². The monoisotopic (exact) mass is 287 g/mol. The predicted octanol–water partition coefficient (Wildman–Crippen LogP) is 2.73. The Bertz CT molecular complexity index is 754. The maximum absolute atomic E-state index is 12.1. The van der Waals surface area contributed by atoms with Crippen molar-refractivity contribution >= 4 is 23.1 Å². The third kappa shape index (κ3) is 2.35. The van der Waals surface area contributed by atoms with E-state index in [1.807, 2.05) is 19.2 Å². The Morgan fingerprint density at radius 2 is 2.25 bits per heavy atom. The van der Waals surface area contributed by atoms with Crippen LogP contribution in [0.4, 0.5) is 5.82 Å². The van der Waals surface area contributed by atoms with Crippen LogP contribution in [-0.4, -0.2) is 26.1 Å². The predicted molar refractivity (Wildman–Crippen MR) is 77.9 cm³/mol. The average molecular weight is 287 g/mol. The highest BCUT2D eigenvalue weighted by atomic mass is 32.1. The molecule has 6 nitrogen and oxygen atoms in total. The van der Waals surface area contributed by atoms with Gasteiger partial charge in [-0.2, -0.15) is 5.10 Å². The second kappa shape index (κ2) is 4.93. The molecular weight excluding hydrogens is 274 g/mol. The van der Waals surface area contributed by atoms with Crippen LogP contribution in [0.2, 0.25) is 0 Å². The van der Waals surface area contributed by atoms with E-state index in [9.17, 15) is 4.79 Å². The molecular formula is C13H13N5OS. The van der Waals surface area contributed by atoms with Crippen molar-refractivity contribution in [3.05, 3.63) is 40.1 Å². The Hall–Kier alpha value is -2.41. The lowest BCUT2D eigenvalue weighted by Crippen LogP contribution is -2.13. The summed E-state index contributed by atoms with van der Waals surface area (Å²) in [5.41, 5.74) is 3.15. The van der Waals surface area contributed by atoms with Gasteiger partial charge in [-0.25, -0.2) is 4.98 Å². The number of aryl methyl sites for hydroxylation is 2. The molecule has 3 rings (SSSR count). The number of carbonyl (C=O) groups is 1. The van der Waals surface area contributed by atoms with Crippen LogP contribution in [0.5, 0.6) is 0 Å². The Kier molecular flexibility index (Phi) is 3.11. The quantitative estimate of drug-likeness (QED) is 0.692. The number of aromatic amines is 2. The highest BCUT2D eigenvalue weighted by molar-refractivity contribution is 7.09. The lowest BCUT2D eigenvalue weighted by molar-refractivity contribution is 0.102. The Balaban J connectivity index is 1.80. The Labute approximate surface area is 119 Å². The number of hydrogen-bond donors (Lipinski definition) is 3. The summed E-state index contributed by atoms with van der Waals surface area (Å²) in [4.78, 5) is 19.5. The van der Waals surface area contributed by atoms with E-state index in [-0.39, 0.29) is 5.91 Å². The van der Waals surface area contributed by atoms with Crippen molar-refractivity contribution in [3.63, 3.8) is 0 Å². The van der Waals surface area contributed by atoms with Gasteiger partial charge in [0.2, 0.25) is 0 Å². The first-order valence-corrected chi connectivity index (χ1v) is 6.93. The summed E-state index contributed by atoms with van der Waals surface area (Å²) >= 11 is 1.58. The molecule has 0 aliphatic carbocycles. The molecule has 3 aromatic rings. The van der Waals surface area contributed by atoms with Gasteiger partial charge in [0.1, 0.15) is 11.5 Å². The molecule has 20 heavy (non-hydrogen) atoms. The minimum Gasteiger partial charge on any atom is -0.357 e. The van der Waals surface area contributed by atoms with E-state index in [2.05, 4.69) is 25.5 Å². The number of anilines is 1. The topological polar surface area (TPSA) is 86.5 Å². The number of thiazole rings is 1. The van der Waals surface area contributed by atoms with Gasteiger partial charge >= 0.3 is 0 Å². The summed E-state index contributed by atoms with van der Waals surface area (Å²) in [5.74, 6) is 0.395. The first kappa shape index (κ1) is 12.6. The van der Waals surface area contributed by atoms with Gasteiger partial charge in [0.15, 0.2) is 0 Å². The van der Waals surface area contributed by atoms with Crippen LogP contribution < -0.4 is 5.32 Å². The normalized spacial score (nSPS) is 10.7. The standard InChI is InChI=1S/C13H13N5OS/c1-7-4-15-18-12(7)17-13(19)10-3-9(5-14-10)11-6-20-8(2)16-11/h3-6,14H,1-2H3,(H2,15,17,18,19). The number of H-pyrrole nitrogens is 2. The van der Waals surface area contributed by atoms with Crippen molar-refractivity contribution in [1.29, 1.82) is 0 Å². The van der Waals surface area contributed by atoms with Crippen molar-refractivity contribution in [2.24, 2.45) is 0 Å². The molecule has 0 saturated carbocycles. The van der Waals surface area contributed by atoms with Gasteiger partial charge in [0.25, 0.3) is 5.91 Å². The first-order valence-electron chi connectivity index (χ1n) is 6.06. The van der Waals surface area contributed by atoms with Gasteiger partial charge in [-0.3, -0.25) is 9.89 Å². The number of amides is 1. The molecule has 3 heterocycles. The zero-order chi connectivity index (χ0) is 14.1. The maximum Gasteiger partial charge on any atom is 0.273 e. The molecule has 1 amide bonds. The number of carbonyl (C=O) groups excluding carboxylic acids is 1. The molecule has 0 radical (unpaired) electrons. The molecule has 0 aliphatic rings. The highest BCUT2D eigenvalue weighted by Gasteiger charge is 2.12. The van der Waals surface area contributed by atoms with E-state index in [1.54, 1.807) is 29.8 Å². The zero-order valence-corrected chi connectivity index (χ0v) is 11.8. The fraction of sp³-hybridized carbons (Fsp3) is 0.154. The highest BCUT2D eigenvalue weighted by Crippen LogP contribution is 2.22. The van der Waals surface area contributed by atoms with Crippen LogP contribution in [0.1, 0.15) is 21.1 Å². The minimum absolute atomic E-state index is 0.212. The van der Waals surface area contributed by atoms with Crippen LogP contribution in [0.3, 0.4) is 0 Å². The molecule has 0 aromatic carbocycles. The number of nitrogens with zero attached hydrogens (tertiary/aromatic N) is 2. The van der Waals surface area contributed by atoms with Crippen LogP contribution in [-0.2, 0) is 0 Å². The summed E-state index contributed by atoms with van der Waals surface area (Å²) in [5, 5.41) is 12.3.